The van der Waals surface area contributed by atoms with Gasteiger partial charge < -0.3 is 16.4 Å². The first-order valence-corrected chi connectivity index (χ1v) is 5.89. The molecule has 1 aromatic rings. The normalized spacial score (nSPS) is 17.1. The van der Waals surface area contributed by atoms with E-state index in [-0.39, 0.29) is 11.8 Å². The number of pyridine rings is 1. The second kappa shape index (κ2) is 5.14. The van der Waals surface area contributed by atoms with E-state index in [1.54, 1.807) is 6.20 Å². The first-order chi connectivity index (χ1) is 8.22. The van der Waals surface area contributed by atoms with Crippen LogP contribution in [0.3, 0.4) is 0 Å². The Morgan fingerprint density at radius 1 is 1.47 bits per heavy atom. The van der Waals surface area contributed by atoms with Crippen LogP contribution < -0.4 is 16.4 Å². The predicted molar refractivity (Wildman–Crippen MR) is 66.3 cm³/mol. The zero-order valence-electron chi connectivity index (χ0n) is 9.80. The summed E-state index contributed by atoms with van der Waals surface area (Å²) in [5.74, 6) is -0.167. The maximum atomic E-state index is 11.1. The highest BCUT2D eigenvalue weighted by Gasteiger charge is 2.24. The number of amides is 1. The average molecular weight is 234 g/mol. The van der Waals surface area contributed by atoms with Gasteiger partial charge in [0, 0.05) is 31.7 Å². The van der Waals surface area contributed by atoms with Crippen LogP contribution in [0.5, 0.6) is 0 Å². The standard InChI is InChI=1S/C12H18N4O/c13-7-10-1-4-15-8-11(10)16-5-2-9(3-6-16)12(14)17/h1,4,8-9H,2-3,5-7,13H2,(H2,14,17). The minimum absolute atomic E-state index is 0.0178. The molecule has 1 aliphatic heterocycles. The van der Waals surface area contributed by atoms with E-state index in [0.717, 1.165) is 37.2 Å². The minimum Gasteiger partial charge on any atom is -0.370 e. The van der Waals surface area contributed by atoms with Gasteiger partial charge in [-0.1, -0.05) is 0 Å². The lowest BCUT2D eigenvalue weighted by Crippen LogP contribution is -2.39. The van der Waals surface area contributed by atoms with Crippen molar-refractivity contribution in [2.75, 3.05) is 18.0 Å². The summed E-state index contributed by atoms with van der Waals surface area (Å²) in [4.78, 5) is 17.5. The van der Waals surface area contributed by atoms with E-state index in [9.17, 15) is 4.79 Å². The molecule has 1 aliphatic rings. The van der Waals surface area contributed by atoms with Gasteiger partial charge in [-0.2, -0.15) is 0 Å². The molecule has 5 heteroatoms. The molecule has 1 aromatic heterocycles. The number of piperidine rings is 1. The van der Waals surface area contributed by atoms with Crippen LogP contribution in [0.2, 0.25) is 0 Å². The molecule has 0 aromatic carbocycles. The number of hydrogen-bond acceptors (Lipinski definition) is 4. The van der Waals surface area contributed by atoms with Crippen molar-refractivity contribution in [2.45, 2.75) is 19.4 Å². The summed E-state index contributed by atoms with van der Waals surface area (Å²) >= 11 is 0. The quantitative estimate of drug-likeness (QED) is 0.784. The average Bonchev–Trinajstić information content (AvgIpc) is 2.39. The van der Waals surface area contributed by atoms with Gasteiger partial charge in [0.1, 0.15) is 0 Å². The number of hydrogen-bond donors (Lipinski definition) is 2. The summed E-state index contributed by atoms with van der Waals surface area (Å²) in [5.41, 5.74) is 13.2. The van der Waals surface area contributed by atoms with Crippen LogP contribution >= 0.6 is 0 Å². The lowest BCUT2D eigenvalue weighted by molar-refractivity contribution is -0.122. The highest BCUT2D eigenvalue weighted by molar-refractivity contribution is 5.77. The fourth-order valence-electron chi connectivity index (χ4n) is 2.28. The summed E-state index contributed by atoms with van der Waals surface area (Å²) in [6.07, 6.45) is 5.22. The Kier molecular flexibility index (Phi) is 3.58. The van der Waals surface area contributed by atoms with Crippen molar-refractivity contribution >= 4 is 11.6 Å². The maximum Gasteiger partial charge on any atom is 0.220 e. The third-order valence-corrected chi connectivity index (χ3v) is 3.35. The van der Waals surface area contributed by atoms with E-state index < -0.39 is 0 Å². The number of aromatic nitrogens is 1. The Morgan fingerprint density at radius 2 is 2.18 bits per heavy atom. The van der Waals surface area contributed by atoms with Gasteiger partial charge in [0.2, 0.25) is 5.91 Å². The van der Waals surface area contributed by atoms with E-state index in [1.165, 1.54) is 0 Å². The summed E-state index contributed by atoms with van der Waals surface area (Å²) in [5, 5.41) is 0. The summed E-state index contributed by atoms with van der Waals surface area (Å²) in [6.45, 7) is 2.19. The lowest BCUT2D eigenvalue weighted by atomic mass is 9.95. The molecule has 0 unspecified atom stereocenters. The SMILES string of the molecule is NCc1ccncc1N1CCC(C(N)=O)CC1. The Bertz CT molecular complexity index is 399. The first kappa shape index (κ1) is 11.9. The van der Waals surface area contributed by atoms with Gasteiger partial charge >= 0.3 is 0 Å². The topological polar surface area (TPSA) is 85.2 Å². The van der Waals surface area contributed by atoms with Gasteiger partial charge in [-0.25, -0.2) is 0 Å². The smallest absolute Gasteiger partial charge is 0.220 e. The van der Waals surface area contributed by atoms with Crippen LogP contribution in [0.25, 0.3) is 0 Å². The number of primary amides is 1. The number of rotatable bonds is 3. The molecule has 2 heterocycles. The van der Waals surface area contributed by atoms with Crippen molar-refractivity contribution in [1.29, 1.82) is 0 Å². The van der Waals surface area contributed by atoms with Gasteiger partial charge in [0.05, 0.1) is 11.9 Å². The highest BCUT2D eigenvalue weighted by Crippen LogP contribution is 2.25. The molecular formula is C12H18N4O. The molecule has 0 atom stereocenters. The largest absolute Gasteiger partial charge is 0.370 e. The summed E-state index contributed by atoms with van der Waals surface area (Å²) < 4.78 is 0. The molecule has 0 saturated carbocycles. The molecule has 0 aliphatic carbocycles. The first-order valence-electron chi connectivity index (χ1n) is 5.89. The Labute approximate surface area is 101 Å². The zero-order valence-corrected chi connectivity index (χ0v) is 9.80. The molecule has 0 radical (unpaired) electrons. The van der Waals surface area contributed by atoms with Gasteiger partial charge in [0.15, 0.2) is 0 Å². The van der Waals surface area contributed by atoms with Crippen molar-refractivity contribution in [2.24, 2.45) is 17.4 Å². The van der Waals surface area contributed by atoms with Gasteiger partial charge in [-0.15, -0.1) is 0 Å². The molecule has 5 nitrogen and oxygen atoms in total. The van der Waals surface area contributed by atoms with Crippen LogP contribution in [0.15, 0.2) is 18.5 Å². The monoisotopic (exact) mass is 234 g/mol. The third kappa shape index (κ3) is 2.55. The number of nitrogens with zero attached hydrogens (tertiary/aromatic N) is 2. The third-order valence-electron chi connectivity index (χ3n) is 3.35. The second-order valence-electron chi connectivity index (χ2n) is 4.37. The van der Waals surface area contributed by atoms with E-state index in [1.807, 2.05) is 12.3 Å². The minimum atomic E-state index is -0.185. The summed E-state index contributed by atoms with van der Waals surface area (Å²) in [6, 6.07) is 1.94. The fourth-order valence-corrected chi connectivity index (χ4v) is 2.28. The summed E-state index contributed by atoms with van der Waals surface area (Å²) in [7, 11) is 0. The van der Waals surface area contributed by atoms with Gasteiger partial charge in [0.25, 0.3) is 0 Å². The van der Waals surface area contributed by atoms with E-state index in [2.05, 4.69) is 9.88 Å². The number of nitrogens with two attached hydrogens (primary N) is 2. The molecule has 4 N–H and O–H groups in total. The van der Waals surface area contributed by atoms with Crippen molar-refractivity contribution in [3.8, 4) is 0 Å². The molecule has 92 valence electrons. The Morgan fingerprint density at radius 3 is 2.76 bits per heavy atom. The maximum absolute atomic E-state index is 11.1. The van der Waals surface area contributed by atoms with Crippen molar-refractivity contribution in [3.63, 3.8) is 0 Å². The number of anilines is 1. The second-order valence-corrected chi connectivity index (χ2v) is 4.37. The van der Waals surface area contributed by atoms with Crippen molar-refractivity contribution < 1.29 is 4.79 Å². The van der Waals surface area contributed by atoms with Crippen LogP contribution in [0, 0.1) is 5.92 Å². The van der Waals surface area contributed by atoms with Gasteiger partial charge in [-0.05, 0) is 24.5 Å². The van der Waals surface area contributed by atoms with Crippen LogP contribution in [0.4, 0.5) is 5.69 Å². The van der Waals surface area contributed by atoms with Crippen LogP contribution in [0.1, 0.15) is 18.4 Å². The van der Waals surface area contributed by atoms with E-state index in [4.69, 9.17) is 11.5 Å². The Hall–Kier alpha value is -1.62. The molecule has 2 rings (SSSR count). The molecule has 17 heavy (non-hydrogen) atoms. The predicted octanol–water partition coefficient (Wildman–Crippen LogP) is 0.242. The van der Waals surface area contributed by atoms with Crippen molar-refractivity contribution in [3.05, 3.63) is 24.0 Å². The van der Waals surface area contributed by atoms with Gasteiger partial charge in [-0.3, -0.25) is 9.78 Å². The lowest BCUT2D eigenvalue weighted by Gasteiger charge is -2.33. The molecule has 1 amide bonds. The molecular weight excluding hydrogens is 216 g/mol. The number of carbonyl (C=O) groups is 1. The molecule has 0 bridgehead atoms. The number of carbonyl (C=O) groups excluding carboxylic acids is 1. The van der Waals surface area contributed by atoms with Crippen LogP contribution in [-0.4, -0.2) is 24.0 Å². The zero-order chi connectivity index (χ0) is 12.3. The highest BCUT2D eigenvalue weighted by atomic mass is 16.1. The van der Waals surface area contributed by atoms with E-state index in [0.29, 0.717) is 6.54 Å². The van der Waals surface area contributed by atoms with Crippen molar-refractivity contribution in [1.82, 2.24) is 4.98 Å². The van der Waals surface area contributed by atoms with Crippen LogP contribution in [-0.2, 0) is 11.3 Å². The molecule has 1 fully saturated rings. The Balaban J connectivity index is 2.07. The molecule has 0 spiro atoms. The van der Waals surface area contributed by atoms with E-state index >= 15 is 0 Å². The molecule has 1 saturated heterocycles. The fraction of sp³-hybridized carbons (Fsp3) is 0.500.